The van der Waals surface area contributed by atoms with Crippen molar-refractivity contribution in [2.45, 2.75) is 34.6 Å². The predicted molar refractivity (Wildman–Crippen MR) is 64.8 cm³/mol. The maximum atomic E-state index is 5.58. The predicted octanol–water partition coefficient (Wildman–Crippen LogP) is 2.67. The van der Waals surface area contributed by atoms with Gasteiger partial charge in [0.25, 0.3) is 0 Å². The number of aromatic nitrogens is 3. The van der Waals surface area contributed by atoms with Crippen LogP contribution in [0.25, 0.3) is 5.65 Å². The average Bonchev–Trinajstić information content (AvgIpc) is 2.61. The molecule has 0 bridgehead atoms. The van der Waals surface area contributed by atoms with E-state index in [0.717, 1.165) is 11.2 Å². The molecule has 0 aliphatic carbocycles. The normalized spacial score (nSPS) is 8.60. The second kappa shape index (κ2) is 6.81. The van der Waals surface area contributed by atoms with Gasteiger partial charge in [-0.3, -0.25) is 0 Å². The molecule has 0 radical (unpaired) electrons. The summed E-state index contributed by atoms with van der Waals surface area (Å²) in [5.41, 5.74) is 7.34. The van der Waals surface area contributed by atoms with Crippen molar-refractivity contribution in [3.8, 4) is 0 Å². The van der Waals surface area contributed by atoms with Crippen molar-refractivity contribution in [1.29, 1.82) is 0 Å². The molecular formula is C11H20N4. The first-order valence-electron chi connectivity index (χ1n) is 5.34. The Morgan fingerprint density at radius 1 is 1.20 bits per heavy atom. The van der Waals surface area contributed by atoms with Crippen LogP contribution in [-0.4, -0.2) is 14.6 Å². The van der Waals surface area contributed by atoms with E-state index in [4.69, 9.17) is 5.73 Å². The van der Waals surface area contributed by atoms with Gasteiger partial charge in [-0.2, -0.15) is 0 Å². The van der Waals surface area contributed by atoms with Crippen LogP contribution in [0.2, 0.25) is 0 Å². The summed E-state index contributed by atoms with van der Waals surface area (Å²) >= 11 is 0. The molecule has 2 N–H and O–H groups in total. The van der Waals surface area contributed by atoms with Crippen LogP contribution < -0.4 is 5.73 Å². The number of aryl methyl sites for hydroxylation is 1. The van der Waals surface area contributed by atoms with Crippen LogP contribution in [0.15, 0.2) is 18.5 Å². The van der Waals surface area contributed by atoms with Crippen molar-refractivity contribution in [3.05, 3.63) is 24.0 Å². The fourth-order valence-corrected chi connectivity index (χ4v) is 1.02. The largest absolute Gasteiger partial charge is 0.382 e. The molecule has 0 fully saturated rings. The van der Waals surface area contributed by atoms with E-state index in [1.165, 1.54) is 0 Å². The van der Waals surface area contributed by atoms with Crippen molar-refractivity contribution in [3.63, 3.8) is 0 Å². The molecule has 4 heteroatoms. The summed E-state index contributed by atoms with van der Waals surface area (Å²) in [5.74, 6) is 0.545. The van der Waals surface area contributed by atoms with Gasteiger partial charge >= 0.3 is 0 Å². The van der Waals surface area contributed by atoms with Crippen LogP contribution in [0.3, 0.4) is 0 Å². The molecular weight excluding hydrogens is 188 g/mol. The first-order valence-corrected chi connectivity index (χ1v) is 5.34. The topological polar surface area (TPSA) is 56.2 Å². The highest BCUT2D eigenvalue weighted by Gasteiger charge is 2.03. The number of hydrogen-bond acceptors (Lipinski definition) is 3. The molecule has 0 atom stereocenters. The Bertz CT molecular complexity index is 392. The zero-order valence-electron chi connectivity index (χ0n) is 10.2. The van der Waals surface area contributed by atoms with Crippen molar-refractivity contribution < 1.29 is 0 Å². The maximum Gasteiger partial charge on any atom is 0.160 e. The van der Waals surface area contributed by atoms with Gasteiger partial charge in [-0.15, -0.1) is 5.10 Å². The van der Waals surface area contributed by atoms with Crippen molar-refractivity contribution in [2.24, 2.45) is 0 Å². The van der Waals surface area contributed by atoms with Gasteiger partial charge < -0.3 is 5.73 Å². The zero-order valence-corrected chi connectivity index (χ0v) is 10.2. The standard InChI is InChI=1S/C7H8N4.2C2H6/c1-5-6(8)10-11-4-2-3-9-7(5)11;2*1-2/h2-4H,1H3,(H2,8,10);2*1-2H3. The number of hydrogen-bond donors (Lipinski definition) is 1. The Morgan fingerprint density at radius 3 is 2.33 bits per heavy atom. The van der Waals surface area contributed by atoms with E-state index in [-0.39, 0.29) is 0 Å². The second-order valence-corrected chi connectivity index (χ2v) is 2.40. The van der Waals surface area contributed by atoms with Crippen molar-refractivity contribution in [1.82, 2.24) is 14.6 Å². The lowest BCUT2D eigenvalue weighted by Gasteiger charge is -1.88. The minimum atomic E-state index is 0.545. The lowest BCUT2D eigenvalue weighted by molar-refractivity contribution is 0.945. The fourth-order valence-electron chi connectivity index (χ4n) is 1.02. The molecule has 0 aromatic carbocycles. The fraction of sp³-hybridized carbons (Fsp3) is 0.455. The SMILES string of the molecule is CC.CC.Cc1c(N)nn2cccnc12. The molecule has 2 aromatic rings. The first kappa shape index (κ1) is 13.4. The Morgan fingerprint density at radius 2 is 1.80 bits per heavy atom. The highest BCUT2D eigenvalue weighted by Crippen LogP contribution is 2.12. The van der Waals surface area contributed by atoms with Crippen LogP contribution in [0.1, 0.15) is 33.3 Å². The minimum absolute atomic E-state index is 0.545. The summed E-state index contributed by atoms with van der Waals surface area (Å²) in [6.07, 6.45) is 3.55. The summed E-state index contributed by atoms with van der Waals surface area (Å²) in [4.78, 5) is 4.12. The minimum Gasteiger partial charge on any atom is -0.382 e. The molecule has 2 heterocycles. The van der Waals surface area contributed by atoms with Crippen LogP contribution in [0.5, 0.6) is 0 Å². The van der Waals surface area contributed by atoms with Gasteiger partial charge in [-0.05, 0) is 13.0 Å². The lowest BCUT2D eigenvalue weighted by Crippen LogP contribution is -1.88. The van der Waals surface area contributed by atoms with Crippen LogP contribution in [0, 0.1) is 6.92 Å². The molecule has 2 rings (SSSR count). The molecule has 0 aliphatic rings. The highest BCUT2D eigenvalue weighted by atomic mass is 15.3. The van der Waals surface area contributed by atoms with Gasteiger partial charge in [0.15, 0.2) is 11.5 Å². The first-order chi connectivity index (χ1) is 7.29. The van der Waals surface area contributed by atoms with E-state index in [0.29, 0.717) is 5.82 Å². The number of fused-ring (bicyclic) bond motifs is 1. The third-order valence-corrected chi connectivity index (χ3v) is 1.66. The molecule has 2 aromatic heterocycles. The van der Waals surface area contributed by atoms with Crippen LogP contribution in [0.4, 0.5) is 5.82 Å². The van der Waals surface area contributed by atoms with E-state index in [1.54, 1.807) is 10.7 Å². The van der Waals surface area contributed by atoms with Crippen molar-refractivity contribution in [2.75, 3.05) is 5.73 Å². The molecule has 84 valence electrons. The monoisotopic (exact) mass is 208 g/mol. The zero-order chi connectivity index (χ0) is 11.8. The van der Waals surface area contributed by atoms with Gasteiger partial charge in [-0.25, -0.2) is 9.50 Å². The summed E-state index contributed by atoms with van der Waals surface area (Å²) in [7, 11) is 0. The van der Waals surface area contributed by atoms with E-state index < -0.39 is 0 Å². The van der Waals surface area contributed by atoms with Gasteiger partial charge in [-0.1, -0.05) is 27.7 Å². The summed E-state index contributed by atoms with van der Waals surface area (Å²) in [6, 6.07) is 1.82. The Balaban J connectivity index is 0.000000442. The second-order valence-electron chi connectivity index (χ2n) is 2.40. The van der Waals surface area contributed by atoms with E-state index >= 15 is 0 Å². The van der Waals surface area contributed by atoms with E-state index in [1.807, 2.05) is 46.9 Å². The van der Waals surface area contributed by atoms with Crippen molar-refractivity contribution >= 4 is 11.5 Å². The van der Waals surface area contributed by atoms with Gasteiger partial charge in [0.2, 0.25) is 0 Å². The van der Waals surface area contributed by atoms with E-state index in [2.05, 4.69) is 10.1 Å². The third-order valence-electron chi connectivity index (χ3n) is 1.66. The summed E-state index contributed by atoms with van der Waals surface area (Å²) in [5, 5.41) is 4.04. The Labute approximate surface area is 91.1 Å². The van der Waals surface area contributed by atoms with Gasteiger partial charge in [0, 0.05) is 18.0 Å². The van der Waals surface area contributed by atoms with Gasteiger partial charge in [0.05, 0.1) is 0 Å². The van der Waals surface area contributed by atoms with Crippen LogP contribution >= 0.6 is 0 Å². The molecule has 0 amide bonds. The molecule has 4 nitrogen and oxygen atoms in total. The average molecular weight is 208 g/mol. The number of rotatable bonds is 0. The molecule has 0 saturated carbocycles. The third kappa shape index (κ3) is 2.94. The molecule has 0 aliphatic heterocycles. The van der Waals surface area contributed by atoms with E-state index in [9.17, 15) is 0 Å². The summed E-state index contributed by atoms with van der Waals surface area (Å²) in [6.45, 7) is 9.91. The molecule has 15 heavy (non-hydrogen) atoms. The number of nitrogens with two attached hydrogens (primary N) is 1. The molecule has 0 unspecified atom stereocenters. The Hall–Kier alpha value is -1.58. The smallest absolute Gasteiger partial charge is 0.160 e. The quantitative estimate of drug-likeness (QED) is 0.724. The molecule has 0 saturated heterocycles. The summed E-state index contributed by atoms with van der Waals surface area (Å²) < 4.78 is 1.67. The highest BCUT2D eigenvalue weighted by molar-refractivity contribution is 5.57. The number of anilines is 1. The van der Waals surface area contributed by atoms with Crippen LogP contribution in [-0.2, 0) is 0 Å². The maximum absolute atomic E-state index is 5.58. The lowest BCUT2D eigenvalue weighted by atomic mass is 10.3. The number of nitrogen functional groups attached to an aromatic ring is 1. The Kier molecular flexibility index (Phi) is 6.09. The molecule has 0 spiro atoms. The van der Waals surface area contributed by atoms with Gasteiger partial charge in [0.1, 0.15) is 0 Å². The number of nitrogens with zero attached hydrogens (tertiary/aromatic N) is 3.